The van der Waals surface area contributed by atoms with Gasteiger partial charge in [0.05, 0.1) is 18.9 Å². The third-order valence-electron chi connectivity index (χ3n) is 8.75. The molecular formula is C36H47F2N7O9. The number of halogens is 2. The van der Waals surface area contributed by atoms with Crippen molar-refractivity contribution in [2.45, 2.75) is 96.7 Å². The van der Waals surface area contributed by atoms with Gasteiger partial charge in [-0.3, -0.25) is 38.5 Å². The molecule has 1 saturated heterocycles. The first-order valence-electron chi connectivity index (χ1n) is 17.6. The van der Waals surface area contributed by atoms with E-state index in [1.807, 2.05) is 32.0 Å². The highest BCUT2D eigenvalue weighted by Crippen LogP contribution is 2.25. The van der Waals surface area contributed by atoms with Crippen molar-refractivity contribution in [2.24, 2.45) is 11.8 Å². The Kier molecular flexibility index (Phi) is 16.5. The molecule has 0 radical (unpaired) electrons. The molecule has 54 heavy (non-hydrogen) atoms. The van der Waals surface area contributed by atoms with Crippen molar-refractivity contribution in [1.29, 1.82) is 0 Å². The molecule has 6 atom stereocenters. The van der Waals surface area contributed by atoms with Crippen LogP contribution in [0, 0.1) is 11.8 Å². The number of aromatic nitrogens is 2. The number of benzene rings is 1. The van der Waals surface area contributed by atoms with Crippen LogP contribution < -0.4 is 21.3 Å². The fraction of sp³-hybridized carbons (Fsp3) is 0.528. The average molecular weight is 760 g/mol. The van der Waals surface area contributed by atoms with E-state index in [-0.39, 0.29) is 37.6 Å². The van der Waals surface area contributed by atoms with Crippen molar-refractivity contribution in [3.63, 3.8) is 0 Å². The van der Waals surface area contributed by atoms with Crippen LogP contribution in [0.4, 0.5) is 8.78 Å². The van der Waals surface area contributed by atoms with Crippen LogP contribution in [0.25, 0.3) is 0 Å². The zero-order valence-electron chi connectivity index (χ0n) is 30.5. The van der Waals surface area contributed by atoms with Crippen LogP contribution in [0.5, 0.6) is 0 Å². The quantitative estimate of drug-likeness (QED) is 0.121. The third-order valence-corrected chi connectivity index (χ3v) is 8.75. The fourth-order valence-corrected chi connectivity index (χ4v) is 5.74. The summed E-state index contributed by atoms with van der Waals surface area (Å²) in [5, 5.41) is 18.2. The highest BCUT2D eigenvalue weighted by atomic mass is 19.3. The number of hydrogen-bond donors (Lipinski definition) is 5. The highest BCUT2D eigenvalue weighted by Gasteiger charge is 2.45. The summed E-state index contributed by atoms with van der Waals surface area (Å²) >= 11 is 0. The van der Waals surface area contributed by atoms with Gasteiger partial charge in [0.1, 0.15) is 36.4 Å². The van der Waals surface area contributed by atoms with E-state index >= 15 is 0 Å². The molecule has 294 valence electrons. The maximum atomic E-state index is 14.4. The first-order valence-corrected chi connectivity index (χ1v) is 17.6. The van der Waals surface area contributed by atoms with Crippen molar-refractivity contribution in [2.75, 3.05) is 13.1 Å². The fourth-order valence-electron chi connectivity index (χ4n) is 5.74. The van der Waals surface area contributed by atoms with E-state index in [9.17, 15) is 42.3 Å². The number of nitrogens with zero attached hydrogens (tertiary/aromatic N) is 3. The number of rotatable bonds is 20. The van der Waals surface area contributed by atoms with Gasteiger partial charge in [-0.2, -0.15) is 0 Å². The molecule has 2 heterocycles. The number of aliphatic carboxylic acids is 1. The number of hydrogen-bond acceptors (Lipinski definition) is 10. The molecule has 0 saturated carbocycles. The number of carbonyl (C=O) groups is 7. The van der Waals surface area contributed by atoms with E-state index in [1.54, 1.807) is 31.3 Å². The number of ether oxygens (including phenoxy) is 1. The monoisotopic (exact) mass is 759 g/mol. The molecule has 1 fully saturated rings. The molecule has 2 aromatic rings. The largest absolute Gasteiger partial charge is 0.480 e. The maximum Gasteiger partial charge on any atom is 0.322 e. The van der Waals surface area contributed by atoms with Crippen LogP contribution in [0.2, 0.25) is 0 Å². The second-order valence-electron chi connectivity index (χ2n) is 13.4. The van der Waals surface area contributed by atoms with Gasteiger partial charge in [0.15, 0.2) is 0 Å². The molecule has 18 heteroatoms. The van der Waals surface area contributed by atoms with Gasteiger partial charge in [-0.15, -0.1) is 0 Å². The smallest absolute Gasteiger partial charge is 0.322 e. The average Bonchev–Trinajstić information content (AvgIpc) is 3.58. The topological polar surface area (TPSA) is 226 Å². The Balaban J connectivity index is 1.90. The summed E-state index contributed by atoms with van der Waals surface area (Å²) < 4.78 is 33.2. The van der Waals surface area contributed by atoms with Gasteiger partial charge in [0, 0.05) is 31.8 Å². The van der Waals surface area contributed by atoms with Gasteiger partial charge in [-0.05, 0) is 23.8 Å². The molecule has 1 aliphatic heterocycles. The third kappa shape index (κ3) is 12.9. The summed E-state index contributed by atoms with van der Waals surface area (Å²) in [5.41, 5.74) is 0.770. The molecule has 1 aromatic carbocycles. The number of carboxylic acids is 1. The number of likely N-dealkylation sites (tertiary alicyclic amines) is 1. The number of amides is 5. The second-order valence-corrected chi connectivity index (χ2v) is 13.4. The lowest BCUT2D eigenvalue weighted by atomic mass is 9.96. The summed E-state index contributed by atoms with van der Waals surface area (Å²) in [6.07, 6.45) is -0.745. The minimum absolute atomic E-state index is 0.0240. The molecule has 1 aromatic heterocycles. The summed E-state index contributed by atoms with van der Waals surface area (Å²) in [5.74, 6) is -8.12. The van der Waals surface area contributed by atoms with E-state index in [0.29, 0.717) is 6.42 Å². The molecule has 5 N–H and O–H groups in total. The van der Waals surface area contributed by atoms with Crippen molar-refractivity contribution in [1.82, 2.24) is 36.1 Å². The van der Waals surface area contributed by atoms with E-state index in [4.69, 9.17) is 9.84 Å². The minimum atomic E-state index is -3.15. The Morgan fingerprint density at radius 2 is 1.67 bits per heavy atom. The lowest BCUT2D eigenvalue weighted by Crippen LogP contribution is -2.59. The van der Waals surface area contributed by atoms with Crippen molar-refractivity contribution >= 4 is 41.3 Å². The standard InChI is InChI=1S/C36H47F2N7O9/c1-5-21(4)30(44-32(49)25(13-20(2)3)43-33(50)26-16-39-11-12-40-26)36(53)45-18-23(54-19-22-9-7-6-8-10-22)14-27(45)34(51)42-24(15-28(37)38)31(48)35(52)41-17-29(46)47/h6-12,16,20-21,23-25,27-28,30H,5,13-15,17-19H2,1-4H3,(H,41,52)(H,42,51)(H,43,50)(H,44,49)(H,46,47)/t21-,23+,24-,25-,27?,30-/m0/s1. The lowest BCUT2D eigenvalue weighted by molar-refractivity contribution is -0.145. The predicted octanol–water partition coefficient (Wildman–Crippen LogP) is 1.25. The second kappa shape index (κ2) is 20.7. The van der Waals surface area contributed by atoms with Gasteiger partial charge in [-0.1, -0.05) is 64.4 Å². The number of nitrogens with one attached hydrogen (secondary N) is 4. The molecule has 5 amide bonds. The predicted molar refractivity (Wildman–Crippen MR) is 187 cm³/mol. The molecule has 0 spiro atoms. The van der Waals surface area contributed by atoms with Crippen LogP contribution in [0.3, 0.4) is 0 Å². The van der Waals surface area contributed by atoms with E-state index in [0.717, 1.165) is 10.5 Å². The lowest BCUT2D eigenvalue weighted by Gasteiger charge is -2.33. The number of carboxylic acid groups (broad SMARTS) is 1. The molecule has 0 aliphatic carbocycles. The Bertz CT molecular complexity index is 1620. The Morgan fingerprint density at radius 3 is 2.26 bits per heavy atom. The molecule has 1 aliphatic rings. The summed E-state index contributed by atoms with van der Waals surface area (Å²) in [6.45, 7) is 6.17. The molecular weight excluding hydrogens is 712 g/mol. The summed E-state index contributed by atoms with van der Waals surface area (Å²) in [7, 11) is 0. The van der Waals surface area contributed by atoms with Crippen molar-refractivity contribution in [3.8, 4) is 0 Å². The van der Waals surface area contributed by atoms with Crippen LogP contribution in [0.15, 0.2) is 48.9 Å². The van der Waals surface area contributed by atoms with Crippen LogP contribution in [-0.2, 0) is 40.1 Å². The maximum absolute atomic E-state index is 14.4. The van der Waals surface area contributed by atoms with Gasteiger partial charge in [0.2, 0.25) is 29.9 Å². The SMILES string of the molecule is CC[C@H](C)[C@H](NC(=O)[C@H](CC(C)C)NC(=O)c1cnccn1)C(=O)N1C[C@H](OCc2ccccc2)CC1C(=O)N[C@@H](CC(F)F)C(=O)C(=O)NCC(=O)O. The zero-order valence-corrected chi connectivity index (χ0v) is 30.5. The molecule has 16 nitrogen and oxygen atoms in total. The van der Waals surface area contributed by atoms with E-state index < -0.39 is 96.9 Å². The Hall–Kier alpha value is -5.39. The van der Waals surface area contributed by atoms with Gasteiger partial charge < -0.3 is 36.0 Å². The molecule has 1 unspecified atom stereocenters. The first-order chi connectivity index (χ1) is 25.6. The van der Waals surface area contributed by atoms with Gasteiger partial charge in [-0.25, -0.2) is 13.8 Å². The molecule has 0 bridgehead atoms. The highest BCUT2D eigenvalue weighted by molar-refractivity contribution is 6.38. The van der Waals surface area contributed by atoms with Crippen LogP contribution >= 0.6 is 0 Å². The van der Waals surface area contributed by atoms with Crippen molar-refractivity contribution in [3.05, 3.63) is 60.2 Å². The number of alkyl halides is 2. The van der Waals surface area contributed by atoms with Gasteiger partial charge in [0.25, 0.3) is 11.8 Å². The normalized spacial score (nSPS) is 17.6. The van der Waals surface area contributed by atoms with Crippen LogP contribution in [-0.4, -0.2) is 111 Å². The molecule has 3 rings (SSSR count). The Labute approximate surface area is 311 Å². The zero-order chi connectivity index (χ0) is 39.9. The van der Waals surface area contributed by atoms with Crippen LogP contribution in [0.1, 0.15) is 69.4 Å². The van der Waals surface area contributed by atoms with Gasteiger partial charge >= 0.3 is 5.97 Å². The Morgan fingerprint density at radius 1 is 0.963 bits per heavy atom. The van der Waals surface area contributed by atoms with Crippen molar-refractivity contribution < 1.29 is 52.2 Å². The van der Waals surface area contributed by atoms with E-state index in [2.05, 4.69) is 25.9 Å². The minimum Gasteiger partial charge on any atom is -0.480 e. The first kappa shape index (κ1) is 43.0. The van der Waals surface area contributed by atoms with E-state index in [1.165, 1.54) is 18.6 Å². The number of Topliss-reactive ketones (excluding diaryl/α,β-unsaturated/α-hetero) is 1. The number of carbonyl (C=O) groups excluding carboxylic acids is 6. The summed E-state index contributed by atoms with van der Waals surface area (Å²) in [4.78, 5) is 99.9. The summed E-state index contributed by atoms with van der Waals surface area (Å²) in [6, 6.07) is 3.27. The number of ketones is 1.